The molecule has 9 nitrogen and oxygen atoms in total. The molecule has 2 aliphatic heterocycles. The molecule has 2 aliphatic rings. The molecule has 3 rings (SSSR count). The van der Waals surface area contributed by atoms with Crippen LogP contribution in [0, 0.1) is 18.7 Å². The maximum absolute atomic E-state index is 15.8. The van der Waals surface area contributed by atoms with E-state index in [1.54, 1.807) is 27.7 Å². The molecule has 0 saturated carbocycles. The fraction of sp³-hybridized carbons (Fsp3) is 0.565. The molecule has 0 bridgehead atoms. The van der Waals surface area contributed by atoms with Gasteiger partial charge in [0.15, 0.2) is 17.9 Å². The predicted molar refractivity (Wildman–Crippen MR) is 123 cm³/mol. The van der Waals surface area contributed by atoms with Crippen LogP contribution in [0.25, 0.3) is 0 Å². The van der Waals surface area contributed by atoms with Crippen molar-refractivity contribution < 1.29 is 37.2 Å². The maximum atomic E-state index is 15.8. The van der Waals surface area contributed by atoms with Gasteiger partial charge in [-0.3, -0.25) is 24.6 Å². The second-order valence-electron chi connectivity index (χ2n) is 9.58. The molecule has 2 fully saturated rings. The van der Waals surface area contributed by atoms with Gasteiger partial charge in [-0.2, -0.15) is 0 Å². The Morgan fingerprint density at radius 1 is 1.26 bits per heavy atom. The Kier molecular flexibility index (Phi) is 8.30. The number of barbiturate groups is 1. The standard InChI is InChI=1S/C23H29F2N3O6S/c1-12-5-6-15(24)14(11-12)18(27-35(33)23(2,3)4)17(25)19(29)16-20(30)26-22(32)28(21(16)31)13-7-9-34-10-8-13/h5-6,11,13,16-18,27H,7-10H2,1-4H3,(H,26,30,32)/t16-,17-,18+,35-/m1/s1. The predicted octanol–water partition coefficient (Wildman–Crippen LogP) is 2.01. The van der Waals surface area contributed by atoms with Crippen LogP contribution in [0.15, 0.2) is 18.2 Å². The summed E-state index contributed by atoms with van der Waals surface area (Å²) in [5.74, 6) is -6.85. The van der Waals surface area contributed by atoms with Gasteiger partial charge in [0.05, 0.1) is 0 Å². The van der Waals surface area contributed by atoms with Crippen molar-refractivity contribution in [3.8, 4) is 0 Å². The number of nitrogens with one attached hydrogen (secondary N) is 2. The molecule has 1 aromatic rings. The maximum Gasteiger partial charge on any atom is 0.331 e. The van der Waals surface area contributed by atoms with E-state index in [1.165, 1.54) is 12.1 Å². The number of aryl methyl sites for hydroxylation is 1. The van der Waals surface area contributed by atoms with E-state index >= 15 is 4.39 Å². The number of carbonyl (C=O) groups excluding carboxylic acids is 4. The van der Waals surface area contributed by atoms with Crippen molar-refractivity contribution in [1.29, 1.82) is 0 Å². The molecule has 192 valence electrons. The Bertz CT molecular complexity index is 1010. The van der Waals surface area contributed by atoms with Crippen LogP contribution in [0.1, 0.15) is 50.8 Å². The smallest absolute Gasteiger partial charge is 0.331 e. The second kappa shape index (κ2) is 10.7. The molecule has 2 N–H and O–H groups in total. The third kappa shape index (κ3) is 5.88. The number of carbonyl (C=O) groups is 4. The summed E-state index contributed by atoms with van der Waals surface area (Å²) in [5.41, 5.74) is 0.279. The van der Waals surface area contributed by atoms with Gasteiger partial charge >= 0.3 is 6.03 Å². The van der Waals surface area contributed by atoms with Crippen molar-refractivity contribution >= 4 is 35.0 Å². The molecule has 0 aliphatic carbocycles. The highest BCUT2D eigenvalue weighted by Crippen LogP contribution is 2.30. The van der Waals surface area contributed by atoms with Crippen LogP contribution in [-0.4, -0.2) is 63.3 Å². The zero-order valence-corrected chi connectivity index (χ0v) is 20.7. The molecule has 4 atom stereocenters. The number of ketones is 1. The second-order valence-corrected chi connectivity index (χ2v) is 11.6. The molecule has 4 amide bonds. The summed E-state index contributed by atoms with van der Waals surface area (Å²) in [6, 6.07) is 0.473. The third-order valence-corrected chi connectivity index (χ3v) is 7.46. The molecule has 0 unspecified atom stereocenters. The van der Waals surface area contributed by atoms with Crippen molar-refractivity contribution in [2.45, 2.75) is 63.5 Å². The van der Waals surface area contributed by atoms with Crippen LogP contribution in [-0.2, 0) is 30.5 Å². The minimum absolute atomic E-state index is 0.274. The van der Waals surface area contributed by atoms with Gasteiger partial charge in [-0.15, -0.1) is 4.72 Å². The van der Waals surface area contributed by atoms with Crippen LogP contribution in [0.5, 0.6) is 0 Å². The summed E-state index contributed by atoms with van der Waals surface area (Å²) >= 11 is -1.93. The molecule has 2 heterocycles. The molecule has 0 radical (unpaired) electrons. The van der Waals surface area contributed by atoms with Crippen LogP contribution in [0.4, 0.5) is 13.6 Å². The molecule has 35 heavy (non-hydrogen) atoms. The number of ether oxygens (including phenoxy) is 1. The van der Waals surface area contributed by atoms with E-state index in [4.69, 9.17) is 4.74 Å². The summed E-state index contributed by atoms with van der Waals surface area (Å²) in [6.45, 7) is 6.98. The number of hydrogen-bond donors (Lipinski definition) is 2. The molecule has 0 spiro atoms. The lowest BCUT2D eigenvalue weighted by Gasteiger charge is -2.37. The molecular formula is C23H29F2N3O6S. The number of benzene rings is 1. The fourth-order valence-electron chi connectivity index (χ4n) is 3.93. The lowest BCUT2D eigenvalue weighted by molar-refractivity contribution is -0.151. The van der Waals surface area contributed by atoms with Gasteiger partial charge in [0, 0.05) is 36.2 Å². The molecule has 12 heteroatoms. The minimum Gasteiger partial charge on any atom is -0.598 e. The summed E-state index contributed by atoms with van der Waals surface area (Å²) < 4.78 is 50.1. The van der Waals surface area contributed by atoms with E-state index in [0.717, 1.165) is 11.0 Å². The first-order valence-electron chi connectivity index (χ1n) is 11.2. The van der Waals surface area contributed by atoms with Crippen molar-refractivity contribution in [1.82, 2.24) is 14.9 Å². The van der Waals surface area contributed by atoms with Gasteiger partial charge in [0.1, 0.15) is 16.6 Å². The van der Waals surface area contributed by atoms with Gasteiger partial charge < -0.3 is 9.29 Å². The van der Waals surface area contributed by atoms with Crippen molar-refractivity contribution in [2.24, 2.45) is 5.92 Å². The Hall–Kier alpha value is -2.41. The topological polar surface area (TPSA) is 128 Å². The van der Waals surface area contributed by atoms with Crippen molar-refractivity contribution in [2.75, 3.05) is 13.2 Å². The largest absolute Gasteiger partial charge is 0.598 e. The van der Waals surface area contributed by atoms with Gasteiger partial charge in [0.2, 0.25) is 5.91 Å². The van der Waals surface area contributed by atoms with E-state index in [-0.39, 0.29) is 18.8 Å². The van der Waals surface area contributed by atoms with Gasteiger partial charge in [-0.05, 0) is 46.6 Å². The van der Waals surface area contributed by atoms with Crippen molar-refractivity contribution in [3.05, 3.63) is 35.1 Å². The Balaban J connectivity index is 1.95. The number of nitrogens with zero attached hydrogens (tertiary/aromatic N) is 1. The zero-order chi connectivity index (χ0) is 26.1. The Morgan fingerprint density at radius 2 is 1.89 bits per heavy atom. The number of amides is 4. The van der Waals surface area contributed by atoms with Crippen LogP contribution >= 0.6 is 0 Å². The Morgan fingerprint density at radius 3 is 2.49 bits per heavy atom. The van der Waals surface area contributed by atoms with E-state index in [1.807, 2.05) is 5.32 Å². The van der Waals surface area contributed by atoms with Gasteiger partial charge in [-0.1, -0.05) is 17.7 Å². The molecular weight excluding hydrogens is 484 g/mol. The quantitative estimate of drug-likeness (QED) is 0.422. The highest BCUT2D eigenvalue weighted by atomic mass is 32.2. The molecule has 1 aromatic carbocycles. The first-order valence-corrected chi connectivity index (χ1v) is 12.4. The summed E-state index contributed by atoms with van der Waals surface area (Å²) in [4.78, 5) is 52.0. The number of imide groups is 2. The SMILES string of the molecule is Cc1ccc(F)c([C@H](N[S@+]([O-])C(C)(C)C)[C@@H](F)C(=O)[C@@H]2C(=O)NC(=O)N(C3CCOCC3)C2=O)c1. The minimum atomic E-state index is -2.62. The average molecular weight is 514 g/mol. The van der Waals surface area contributed by atoms with Gasteiger partial charge in [-0.25, -0.2) is 13.6 Å². The first-order chi connectivity index (χ1) is 16.3. The number of halogens is 2. The van der Waals surface area contributed by atoms with Crippen LogP contribution in [0.2, 0.25) is 0 Å². The average Bonchev–Trinajstić information content (AvgIpc) is 2.78. The van der Waals surface area contributed by atoms with Gasteiger partial charge in [0.25, 0.3) is 5.91 Å². The number of rotatable bonds is 7. The van der Waals surface area contributed by atoms with E-state index in [0.29, 0.717) is 18.4 Å². The lowest BCUT2D eigenvalue weighted by Crippen LogP contribution is -2.64. The highest BCUT2D eigenvalue weighted by Gasteiger charge is 2.51. The number of alkyl halides is 1. The van der Waals surface area contributed by atoms with E-state index in [9.17, 15) is 28.1 Å². The fourth-order valence-corrected chi connectivity index (χ4v) is 4.76. The van der Waals surface area contributed by atoms with Crippen LogP contribution < -0.4 is 10.0 Å². The summed E-state index contributed by atoms with van der Waals surface area (Å²) in [6.07, 6.45) is -2.02. The van der Waals surface area contributed by atoms with E-state index < -0.39 is 69.7 Å². The number of urea groups is 1. The van der Waals surface area contributed by atoms with E-state index in [2.05, 4.69) is 4.72 Å². The molecule has 2 saturated heterocycles. The zero-order valence-electron chi connectivity index (χ0n) is 19.9. The summed E-state index contributed by atoms with van der Waals surface area (Å²) in [7, 11) is 0. The third-order valence-electron chi connectivity index (χ3n) is 5.88. The van der Waals surface area contributed by atoms with Crippen molar-refractivity contribution in [3.63, 3.8) is 0 Å². The van der Waals surface area contributed by atoms with Crippen LogP contribution in [0.3, 0.4) is 0 Å². The normalized spacial score (nSPS) is 22.5. The molecule has 0 aromatic heterocycles. The number of hydrogen-bond acceptors (Lipinski definition) is 7. The monoisotopic (exact) mass is 513 g/mol. The highest BCUT2D eigenvalue weighted by molar-refractivity contribution is 7.90. The number of Topliss-reactive ketones (excluding diaryl/α,β-unsaturated/α-hetero) is 1. The first kappa shape index (κ1) is 27.2. The summed E-state index contributed by atoms with van der Waals surface area (Å²) in [5, 5.41) is 1.95. The lowest BCUT2D eigenvalue weighted by atomic mass is 9.89. The Labute approximate surface area is 205 Å².